The monoisotopic (exact) mass is 325 g/mol. The third kappa shape index (κ3) is 4.34. The predicted octanol–water partition coefficient (Wildman–Crippen LogP) is 5.04. The average Bonchev–Trinajstić information content (AvgIpc) is 2.90. The van der Waals surface area contributed by atoms with E-state index in [2.05, 4.69) is 39.7 Å². The van der Waals surface area contributed by atoms with Crippen molar-refractivity contribution in [2.75, 3.05) is 23.4 Å². The molecule has 0 aromatic heterocycles. The molecule has 0 amide bonds. The van der Waals surface area contributed by atoms with Gasteiger partial charge < -0.3 is 4.90 Å². The second-order valence-electron chi connectivity index (χ2n) is 6.26. The van der Waals surface area contributed by atoms with Crippen LogP contribution in [0.3, 0.4) is 0 Å². The van der Waals surface area contributed by atoms with Crippen molar-refractivity contribution in [2.24, 2.45) is 5.10 Å². The van der Waals surface area contributed by atoms with Crippen molar-refractivity contribution in [3.63, 3.8) is 0 Å². The molecule has 0 bridgehead atoms. The van der Waals surface area contributed by atoms with Gasteiger partial charge in [-0.25, -0.2) is 4.39 Å². The molecule has 0 unspecified atom stereocenters. The van der Waals surface area contributed by atoms with E-state index in [-0.39, 0.29) is 5.82 Å². The zero-order chi connectivity index (χ0) is 16.8. The summed E-state index contributed by atoms with van der Waals surface area (Å²) in [7, 11) is 0. The van der Waals surface area contributed by atoms with Crippen molar-refractivity contribution in [3.8, 4) is 0 Å². The molecule has 0 aliphatic carbocycles. The molecule has 1 aliphatic rings. The summed E-state index contributed by atoms with van der Waals surface area (Å²) < 4.78 is 12.9. The number of hydrogen-bond donors (Lipinski definition) is 1. The Kier molecular flexibility index (Phi) is 5.47. The molecule has 2 aromatic rings. The highest BCUT2D eigenvalue weighted by atomic mass is 19.1. The molecule has 24 heavy (non-hydrogen) atoms. The Morgan fingerprint density at radius 2 is 1.54 bits per heavy atom. The van der Waals surface area contributed by atoms with E-state index in [1.165, 1.54) is 43.5 Å². The van der Waals surface area contributed by atoms with Crippen LogP contribution in [0.1, 0.15) is 38.2 Å². The van der Waals surface area contributed by atoms with Crippen molar-refractivity contribution >= 4 is 17.1 Å². The lowest BCUT2D eigenvalue weighted by atomic mass is 10.1. The van der Waals surface area contributed by atoms with Gasteiger partial charge in [0.15, 0.2) is 0 Å². The summed E-state index contributed by atoms with van der Waals surface area (Å²) in [5.74, 6) is -0.245. The average molecular weight is 325 g/mol. The van der Waals surface area contributed by atoms with Crippen molar-refractivity contribution in [1.82, 2.24) is 0 Å². The van der Waals surface area contributed by atoms with E-state index in [1.54, 1.807) is 12.1 Å². The minimum Gasteiger partial charge on any atom is -0.372 e. The minimum atomic E-state index is -0.245. The molecule has 1 fully saturated rings. The SMILES string of the molecule is C/C(=N/Nc1ccc(F)cc1)c1ccc(N2CCCCCC2)cc1. The van der Waals surface area contributed by atoms with E-state index in [4.69, 9.17) is 0 Å². The maximum Gasteiger partial charge on any atom is 0.123 e. The number of hydrogen-bond acceptors (Lipinski definition) is 3. The fraction of sp³-hybridized carbons (Fsp3) is 0.350. The second kappa shape index (κ2) is 7.95. The first kappa shape index (κ1) is 16.5. The van der Waals surface area contributed by atoms with Gasteiger partial charge in [-0.3, -0.25) is 5.43 Å². The van der Waals surface area contributed by atoms with Crippen LogP contribution < -0.4 is 10.3 Å². The molecule has 0 radical (unpaired) electrons. The summed E-state index contributed by atoms with van der Waals surface area (Å²) in [6.07, 6.45) is 5.25. The van der Waals surface area contributed by atoms with Crippen LogP contribution in [0, 0.1) is 5.82 Å². The molecule has 3 rings (SSSR count). The summed E-state index contributed by atoms with van der Waals surface area (Å²) in [6.45, 7) is 4.27. The van der Waals surface area contributed by atoms with Gasteiger partial charge >= 0.3 is 0 Å². The first-order valence-electron chi connectivity index (χ1n) is 8.63. The highest BCUT2D eigenvalue weighted by Crippen LogP contribution is 2.20. The van der Waals surface area contributed by atoms with Gasteiger partial charge in [-0.1, -0.05) is 25.0 Å². The number of nitrogens with zero attached hydrogens (tertiary/aromatic N) is 2. The van der Waals surface area contributed by atoms with Crippen molar-refractivity contribution in [3.05, 3.63) is 59.9 Å². The minimum absolute atomic E-state index is 0.245. The normalized spacial score (nSPS) is 15.9. The quantitative estimate of drug-likeness (QED) is 0.630. The molecule has 0 atom stereocenters. The van der Waals surface area contributed by atoms with Crippen LogP contribution >= 0.6 is 0 Å². The lowest BCUT2D eigenvalue weighted by Crippen LogP contribution is -2.23. The van der Waals surface area contributed by atoms with Crippen LogP contribution in [0.25, 0.3) is 0 Å². The Balaban J connectivity index is 1.65. The summed E-state index contributed by atoms with van der Waals surface area (Å²) in [5, 5.41) is 4.38. The molecular weight excluding hydrogens is 301 g/mol. The van der Waals surface area contributed by atoms with E-state index in [1.807, 2.05) is 6.92 Å². The summed E-state index contributed by atoms with van der Waals surface area (Å²) >= 11 is 0. The maximum absolute atomic E-state index is 12.9. The zero-order valence-electron chi connectivity index (χ0n) is 14.1. The van der Waals surface area contributed by atoms with E-state index in [0.717, 1.165) is 30.1 Å². The smallest absolute Gasteiger partial charge is 0.123 e. The highest BCUT2D eigenvalue weighted by Gasteiger charge is 2.09. The van der Waals surface area contributed by atoms with Gasteiger partial charge in [-0.15, -0.1) is 0 Å². The lowest BCUT2D eigenvalue weighted by molar-refractivity contribution is 0.628. The first-order chi connectivity index (χ1) is 11.7. The van der Waals surface area contributed by atoms with Crippen LogP contribution in [0.4, 0.5) is 15.8 Å². The van der Waals surface area contributed by atoms with Crippen LogP contribution in [0.2, 0.25) is 0 Å². The summed E-state index contributed by atoms with van der Waals surface area (Å²) in [4.78, 5) is 2.47. The molecule has 0 spiro atoms. The Morgan fingerprint density at radius 3 is 2.17 bits per heavy atom. The molecule has 1 heterocycles. The molecule has 3 nitrogen and oxygen atoms in total. The Morgan fingerprint density at radius 1 is 0.917 bits per heavy atom. The maximum atomic E-state index is 12.9. The van der Waals surface area contributed by atoms with Crippen molar-refractivity contribution in [2.45, 2.75) is 32.6 Å². The van der Waals surface area contributed by atoms with Gasteiger partial charge in [-0.05, 0) is 61.7 Å². The van der Waals surface area contributed by atoms with Crippen LogP contribution in [-0.2, 0) is 0 Å². The largest absolute Gasteiger partial charge is 0.372 e. The van der Waals surface area contributed by atoms with Gasteiger partial charge in [0.05, 0.1) is 11.4 Å². The van der Waals surface area contributed by atoms with Gasteiger partial charge in [0.25, 0.3) is 0 Å². The molecule has 1 N–H and O–H groups in total. The Hall–Kier alpha value is -2.36. The molecule has 1 aliphatic heterocycles. The summed E-state index contributed by atoms with van der Waals surface area (Å²) in [6, 6.07) is 14.8. The van der Waals surface area contributed by atoms with E-state index in [9.17, 15) is 4.39 Å². The lowest BCUT2D eigenvalue weighted by Gasteiger charge is -2.22. The number of anilines is 2. The molecule has 0 saturated carbocycles. The number of benzene rings is 2. The predicted molar refractivity (Wildman–Crippen MR) is 99.4 cm³/mol. The van der Waals surface area contributed by atoms with E-state index < -0.39 is 0 Å². The van der Waals surface area contributed by atoms with Gasteiger partial charge in [0.1, 0.15) is 5.82 Å². The Labute approximate surface area is 143 Å². The number of nitrogens with one attached hydrogen (secondary N) is 1. The standard InChI is InChI=1S/C20H24FN3/c1-16(22-23-19-10-8-18(21)9-11-19)17-6-12-20(13-7-17)24-14-4-2-3-5-15-24/h6-13,23H,2-5,14-15H2,1H3/b22-16-. The van der Waals surface area contributed by atoms with Crippen molar-refractivity contribution < 1.29 is 4.39 Å². The number of rotatable bonds is 4. The molecular formula is C20H24FN3. The third-order valence-electron chi connectivity index (χ3n) is 4.45. The van der Waals surface area contributed by atoms with Crippen molar-refractivity contribution in [1.29, 1.82) is 0 Å². The van der Waals surface area contributed by atoms with E-state index in [0.29, 0.717) is 0 Å². The van der Waals surface area contributed by atoms with Gasteiger partial charge in [0.2, 0.25) is 0 Å². The van der Waals surface area contributed by atoms with Gasteiger partial charge in [0, 0.05) is 18.8 Å². The number of halogens is 1. The molecule has 4 heteroatoms. The topological polar surface area (TPSA) is 27.6 Å². The second-order valence-corrected chi connectivity index (χ2v) is 6.26. The molecule has 2 aromatic carbocycles. The molecule has 1 saturated heterocycles. The van der Waals surface area contributed by atoms with Crippen LogP contribution in [-0.4, -0.2) is 18.8 Å². The van der Waals surface area contributed by atoms with Crippen LogP contribution in [0.5, 0.6) is 0 Å². The van der Waals surface area contributed by atoms with Crippen LogP contribution in [0.15, 0.2) is 53.6 Å². The fourth-order valence-electron chi connectivity index (χ4n) is 2.98. The van der Waals surface area contributed by atoms with E-state index >= 15 is 0 Å². The first-order valence-corrected chi connectivity index (χ1v) is 8.63. The molecule has 126 valence electrons. The third-order valence-corrected chi connectivity index (χ3v) is 4.45. The summed E-state index contributed by atoms with van der Waals surface area (Å²) in [5.41, 5.74) is 7.02. The zero-order valence-corrected chi connectivity index (χ0v) is 14.1. The van der Waals surface area contributed by atoms with Gasteiger partial charge in [-0.2, -0.15) is 5.10 Å². The fourth-order valence-corrected chi connectivity index (χ4v) is 2.98. The highest BCUT2D eigenvalue weighted by molar-refractivity contribution is 5.99. The Bertz CT molecular complexity index is 669. The number of hydrazone groups is 1.